The van der Waals surface area contributed by atoms with E-state index in [1.165, 1.54) is 7.11 Å². The van der Waals surface area contributed by atoms with Crippen molar-refractivity contribution in [1.82, 2.24) is 9.88 Å². The van der Waals surface area contributed by atoms with Crippen LogP contribution in [0.4, 0.5) is 5.69 Å². The normalized spacial score (nSPS) is 11.3. The molecule has 0 radical (unpaired) electrons. The predicted molar refractivity (Wildman–Crippen MR) is 157 cm³/mol. The van der Waals surface area contributed by atoms with Crippen molar-refractivity contribution in [1.29, 1.82) is 0 Å². The molecule has 8 nitrogen and oxygen atoms in total. The van der Waals surface area contributed by atoms with Crippen molar-refractivity contribution in [3.05, 3.63) is 126 Å². The van der Waals surface area contributed by atoms with Crippen molar-refractivity contribution < 1.29 is 23.9 Å². The van der Waals surface area contributed by atoms with Gasteiger partial charge in [0.1, 0.15) is 18.4 Å². The van der Waals surface area contributed by atoms with E-state index in [1.54, 1.807) is 59.8 Å². The molecule has 1 heterocycles. The minimum Gasteiger partial charge on any atom is -0.492 e. The Bertz CT molecular complexity index is 1440. The topological polar surface area (TPSA) is 97.8 Å². The number of ketones is 1. The third kappa shape index (κ3) is 7.79. The summed E-state index contributed by atoms with van der Waals surface area (Å²) in [6.45, 7) is 3.24. The van der Waals surface area contributed by atoms with Crippen molar-refractivity contribution in [3.8, 4) is 5.75 Å². The smallest absolute Gasteiger partial charge is 0.328 e. The molecule has 0 aliphatic rings. The average molecular weight is 552 g/mol. The fourth-order valence-corrected chi connectivity index (χ4v) is 4.38. The molecule has 1 N–H and O–H groups in total. The van der Waals surface area contributed by atoms with Crippen LogP contribution >= 0.6 is 0 Å². The van der Waals surface area contributed by atoms with E-state index in [4.69, 9.17) is 9.47 Å². The van der Waals surface area contributed by atoms with Gasteiger partial charge in [-0.25, -0.2) is 4.79 Å². The lowest BCUT2D eigenvalue weighted by Gasteiger charge is -2.21. The second-order valence-corrected chi connectivity index (χ2v) is 9.28. The summed E-state index contributed by atoms with van der Waals surface area (Å²) in [5, 5.41) is 3.22. The van der Waals surface area contributed by atoms with Crippen LogP contribution in [0.5, 0.6) is 5.75 Å². The van der Waals surface area contributed by atoms with Crippen LogP contribution in [0, 0.1) is 0 Å². The molecule has 0 fully saturated rings. The number of hydrogen-bond donors (Lipinski definition) is 1. The summed E-state index contributed by atoms with van der Waals surface area (Å²) < 4.78 is 10.9. The first-order valence-corrected chi connectivity index (χ1v) is 13.4. The number of benzene rings is 3. The molecule has 8 heteroatoms. The van der Waals surface area contributed by atoms with Crippen LogP contribution in [-0.4, -0.2) is 60.4 Å². The van der Waals surface area contributed by atoms with Crippen molar-refractivity contribution in [3.63, 3.8) is 0 Å². The lowest BCUT2D eigenvalue weighted by molar-refractivity contribution is -0.141. The number of rotatable bonds is 13. The average Bonchev–Trinajstić information content (AvgIpc) is 3.03. The number of aromatic nitrogens is 1. The lowest BCUT2D eigenvalue weighted by Crippen LogP contribution is -2.34. The molecule has 4 aromatic rings. The number of para-hydroxylation sites is 1. The maximum Gasteiger partial charge on any atom is 0.328 e. The molecule has 41 heavy (non-hydrogen) atoms. The van der Waals surface area contributed by atoms with Gasteiger partial charge in [0, 0.05) is 42.2 Å². The Kier molecular flexibility index (Phi) is 10.2. The van der Waals surface area contributed by atoms with Crippen LogP contribution < -0.4 is 10.1 Å². The number of likely N-dealkylation sites (N-methyl/N-ethyl adjacent to an activating group) is 1. The Morgan fingerprint density at radius 1 is 0.878 bits per heavy atom. The first kappa shape index (κ1) is 29.0. The standard InChI is InChI=1S/C33H33N3O5/c1-3-36(32(38)26-12-9-19-34-23-26)20-21-41-27-17-15-24(16-18-27)22-30(33(39)40-2)35-29-14-8-7-13-28(29)31(37)25-10-5-4-6-11-25/h4-19,23,30,35H,3,20-22H2,1-2H3/t30-/m0/s1. The van der Waals surface area contributed by atoms with E-state index in [0.717, 1.165) is 5.56 Å². The Hall–Kier alpha value is -4.98. The van der Waals surface area contributed by atoms with E-state index in [-0.39, 0.29) is 11.7 Å². The number of nitrogens with one attached hydrogen (secondary N) is 1. The van der Waals surface area contributed by atoms with Crippen molar-refractivity contribution in [2.45, 2.75) is 19.4 Å². The van der Waals surface area contributed by atoms with E-state index in [9.17, 15) is 14.4 Å². The largest absolute Gasteiger partial charge is 0.492 e. The molecule has 1 aromatic heterocycles. The second-order valence-electron chi connectivity index (χ2n) is 9.28. The van der Waals surface area contributed by atoms with Crippen LogP contribution in [0.25, 0.3) is 0 Å². The first-order valence-electron chi connectivity index (χ1n) is 13.4. The summed E-state index contributed by atoms with van der Waals surface area (Å²) in [7, 11) is 1.34. The van der Waals surface area contributed by atoms with E-state index >= 15 is 0 Å². The fraction of sp³-hybridized carbons (Fsp3) is 0.212. The van der Waals surface area contributed by atoms with Gasteiger partial charge in [0.2, 0.25) is 0 Å². The Balaban J connectivity index is 1.38. The van der Waals surface area contributed by atoms with Crippen molar-refractivity contribution >= 4 is 23.3 Å². The van der Waals surface area contributed by atoms with Crippen LogP contribution in [-0.2, 0) is 16.0 Å². The molecule has 0 spiro atoms. The summed E-state index contributed by atoms with van der Waals surface area (Å²) >= 11 is 0. The zero-order valence-electron chi connectivity index (χ0n) is 23.2. The van der Waals surface area contributed by atoms with Gasteiger partial charge in [0.25, 0.3) is 5.91 Å². The number of carbonyl (C=O) groups is 3. The highest BCUT2D eigenvalue weighted by atomic mass is 16.5. The quantitative estimate of drug-likeness (QED) is 0.183. The summed E-state index contributed by atoms with van der Waals surface area (Å²) in [5.41, 5.74) is 3.02. The summed E-state index contributed by atoms with van der Waals surface area (Å²) in [6, 6.07) is 26.3. The number of nitrogens with zero attached hydrogens (tertiary/aromatic N) is 2. The molecule has 1 atom stereocenters. The van der Waals surface area contributed by atoms with Gasteiger partial charge < -0.3 is 19.7 Å². The van der Waals surface area contributed by atoms with Gasteiger partial charge in [-0.15, -0.1) is 0 Å². The zero-order chi connectivity index (χ0) is 29.0. The molecule has 3 aromatic carbocycles. The highest BCUT2D eigenvalue weighted by molar-refractivity contribution is 6.12. The maximum atomic E-state index is 13.1. The van der Waals surface area contributed by atoms with Gasteiger partial charge in [-0.05, 0) is 48.9 Å². The minimum absolute atomic E-state index is 0.0899. The third-order valence-electron chi connectivity index (χ3n) is 6.59. The van der Waals surface area contributed by atoms with Crippen LogP contribution in [0.1, 0.15) is 38.8 Å². The summed E-state index contributed by atoms with van der Waals surface area (Å²) in [6.07, 6.45) is 3.53. The third-order valence-corrected chi connectivity index (χ3v) is 6.59. The molecule has 1 amide bonds. The Labute approximate surface area is 239 Å². The Morgan fingerprint density at radius 2 is 1.59 bits per heavy atom. The number of ether oxygens (including phenoxy) is 2. The zero-order valence-corrected chi connectivity index (χ0v) is 23.2. The number of carbonyl (C=O) groups excluding carboxylic acids is 3. The van der Waals surface area contributed by atoms with Gasteiger partial charge in [-0.3, -0.25) is 14.6 Å². The van der Waals surface area contributed by atoms with Gasteiger partial charge >= 0.3 is 5.97 Å². The number of hydrogen-bond acceptors (Lipinski definition) is 7. The van der Waals surface area contributed by atoms with Gasteiger partial charge in [0.05, 0.1) is 19.2 Å². The highest BCUT2D eigenvalue weighted by Crippen LogP contribution is 2.22. The minimum atomic E-state index is -0.715. The molecule has 0 unspecified atom stereocenters. The van der Waals surface area contributed by atoms with Crippen molar-refractivity contribution in [2.75, 3.05) is 32.1 Å². The summed E-state index contributed by atoms with van der Waals surface area (Å²) in [5.74, 6) is -0.0132. The molecule has 210 valence electrons. The number of anilines is 1. The van der Waals surface area contributed by atoms with Gasteiger partial charge in [-0.2, -0.15) is 0 Å². The molecule has 0 aliphatic heterocycles. The van der Waals surface area contributed by atoms with Crippen LogP contribution in [0.15, 0.2) is 103 Å². The predicted octanol–water partition coefficient (Wildman–Crippen LogP) is 5.05. The number of pyridine rings is 1. The van der Waals surface area contributed by atoms with E-state index in [0.29, 0.717) is 54.2 Å². The maximum absolute atomic E-state index is 13.1. The molecule has 0 bridgehead atoms. The first-order chi connectivity index (χ1) is 20.0. The fourth-order valence-electron chi connectivity index (χ4n) is 4.38. The number of esters is 1. The van der Waals surface area contributed by atoms with E-state index in [1.807, 2.05) is 55.5 Å². The molecular weight excluding hydrogens is 518 g/mol. The van der Waals surface area contributed by atoms with E-state index < -0.39 is 12.0 Å². The SMILES string of the molecule is CCN(CCOc1ccc(C[C@H](Nc2ccccc2C(=O)c2ccccc2)C(=O)OC)cc1)C(=O)c1cccnc1. The molecular formula is C33H33N3O5. The van der Waals surface area contributed by atoms with Crippen LogP contribution in [0.2, 0.25) is 0 Å². The second kappa shape index (κ2) is 14.4. The Morgan fingerprint density at radius 3 is 2.27 bits per heavy atom. The highest BCUT2D eigenvalue weighted by Gasteiger charge is 2.23. The monoisotopic (exact) mass is 551 g/mol. The molecule has 0 saturated heterocycles. The summed E-state index contributed by atoms with van der Waals surface area (Å²) in [4.78, 5) is 44.2. The van der Waals surface area contributed by atoms with Crippen molar-refractivity contribution in [2.24, 2.45) is 0 Å². The number of amides is 1. The molecule has 0 aliphatic carbocycles. The van der Waals surface area contributed by atoms with E-state index in [2.05, 4.69) is 10.3 Å². The number of methoxy groups -OCH3 is 1. The lowest BCUT2D eigenvalue weighted by atomic mass is 10.00. The molecule has 0 saturated carbocycles. The molecule has 4 rings (SSSR count). The van der Waals surface area contributed by atoms with Gasteiger partial charge in [0.15, 0.2) is 5.78 Å². The van der Waals surface area contributed by atoms with Gasteiger partial charge in [-0.1, -0.05) is 54.6 Å². The van der Waals surface area contributed by atoms with Crippen LogP contribution in [0.3, 0.4) is 0 Å².